The van der Waals surface area contributed by atoms with Crippen LogP contribution in [0, 0.1) is 11.8 Å². The molecule has 36 heavy (non-hydrogen) atoms. The van der Waals surface area contributed by atoms with Gasteiger partial charge in [0.05, 0.1) is 6.54 Å². The minimum atomic E-state index is -3.08. The maximum absolute atomic E-state index is 14.8. The molecule has 1 atom stereocenters. The molecule has 1 aromatic carbocycles. The summed E-state index contributed by atoms with van der Waals surface area (Å²) in [5.74, 6) is -5.37. The molecule has 12 heteroatoms. The van der Waals surface area contributed by atoms with Crippen LogP contribution in [0.5, 0.6) is 0 Å². The van der Waals surface area contributed by atoms with E-state index in [4.69, 9.17) is 15.6 Å². The highest BCUT2D eigenvalue weighted by molar-refractivity contribution is 6.12. The van der Waals surface area contributed by atoms with Crippen LogP contribution in [0.1, 0.15) is 18.1 Å². The number of nitrogens with two attached hydrogens (primary N) is 1. The molecule has 0 spiro atoms. The molecule has 2 aliphatic heterocycles. The van der Waals surface area contributed by atoms with Gasteiger partial charge in [0.2, 0.25) is 5.95 Å². The van der Waals surface area contributed by atoms with E-state index in [0.717, 1.165) is 11.8 Å². The highest BCUT2D eigenvalue weighted by atomic mass is 19.3. The number of guanidine groups is 1. The highest BCUT2D eigenvalue weighted by Gasteiger charge is 2.53. The molecule has 4 heterocycles. The lowest BCUT2D eigenvalue weighted by Crippen LogP contribution is -2.53. The maximum Gasteiger partial charge on any atom is 0.300 e. The summed E-state index contributed by atoms with van der Waals surface area (Å²) in [6, 6.07) is 10.3. The number of fused-ring (bicyclic) bond motifs is 1. The number of pyridine rings is 2. The number of rotatable bonds is 3. The van der Waals surface area contributed by atoms with Crippen LogP contribution in [0.25, 0.3) is 11.1 Å². The van der Waals surface area contributed by atoms with E-state index in [0.29, 0.717) is 11.1 Å². The van der Waals surface area contributed by atoms with Crippen LogP contribution in [-0.2, 0) is 10.3 Å². The van der Waals surface area contributed by atoms with Crippen LogP contribution < -0.4 is 5.73 Å². The third-order valence-corrected chi connectivity index (χ3v) is 5.52. The van der Waals surface area contributed by atoms with Gasteiger partial charge in [-0.3, -0.25) is 19.7 Å². The molecule has 0 amide bonds. The first-order valence-electron chi connectivity index (χ1n) is 10.6. The molecule has 0 aliphatic carbocycles. The van der Waals surface area contributed by atoms with Crippen molar-refractivity contribution in [3.8, 4) is 11.1 Å². The third kappa shape index (κ3) is 4.49. The predicted molar refractivity (Wildman–Crippen MR) is 123 cm³/mol. The van der Waals surface area contributed by atoms with Crippen molar-refractivity contribution in [3.63, 3.8) is 0 Å². The van der Waals surface area contributed by atoms with Crippen molar-refractivity contribution >= 4 is 17.8 Å². The van der Waals surface area contributed by atoms with Gasteiger partial charge in [-0.05, 0) is 47.5 Å². The Hall–Kier alpha value is -4.35. The third-order valence-electron chi connectivity index (χ3n) is 5.52. The largest absolute Gasteiger partial charge is 0.481 e. The van der Waals surface area contributed by atoms with Crippen molar-refractivity contribution in [3.05, 3.63) is 83.9 Å². The van der Waals surface area contributed by atoms with Crippen LogP contribution in [0.3, 0.4) is 0 Å². The molecule has 2 aliphatic rings. The first kappa shape index (κ1) is 24.8. The Morgan fingerprint density at radius 2 is 1.75 bits per heavy atom. The molecule has 186 valence electrons. The predicted octanol–water partition coefficient (Wildman–Crippen LogP) is 3.43. The number of nitrogens with zero attached hydrogens (tertiary/aromatic N) is 5. The van der Waals surface area contributed by atoms with Gasteiger partial charge in [0.1, 0.15) is 18.2 Å². The molecule has 0 bridgehead atoms. The molecule has 0 saturated heterocycles. The summed E-state index contributed by atoms with van der Waals surface area (Å²) in [6.45, 7) is -0.334. The van der Waals surface area contributed by atoms with Crippen LogP contribution >= 0.6 is 0 Å². The number of aliphatic imine (C=N–C) groups is 2. The lowest BCUT2D eigenvalue weighted by molar-refractivity contribution is -0.134. The number of carboxylic acids is 1. The smallest absolute Gasteiger partial charge is 0.300 e. The Morgan fingerprint density at radius 1 is 1.06 bits per heavy atom. The van der Waals surface area contributed by atoms with Crippen molar-refractivity contribution in [2.24, 2.45) is 15.7 Å². The van der Waals surface area contributed by atoms with Gasteiger partial charge in [0.25, 0.3) is 11.9 Å². The van der Waals surface area contributed by atoms with Crippen molar-refractivity contribution < 1.29 is 27.5 Å². The molecular weight excluding hydrogens is 480 g/mol. The average molecular weight is 500 g/mol. The van der Waals surface area contributed by atoms with E-state index in [-0.39, 0.29) is 22.9 Å². The highest BCUT2D eigenvalue weighted by Crippen LogP contribution is 2.44. The molecule has 3 N–H and O–H groups in total. The Balaban J connectivity index is 0.000000709. The van der Waals surface area contributed by atoms with Crippen molar-refractivity contribution in [2.45, 2.75) is 18.4 Å². The topological polar surface area (TPSA) is 117 Å². The summed E-state index contributed by atoms with van der Waals surface area (Å²) >= 11 is 0. The second kappa shape index (κ2) is 9.36. The molecule has 1 unspecified atom stereocenters. The Labute approximate surface area is 202 Å². The molecule has 3 aromatic rings. The summed E-state index contributed by atoms with van der Waals surface area (Å²) in [6.07, 6.45) is 4.30. The number of hydrogen-bond donors (Lipinski definition) is 2. The van der Waals surface area contributed by atoms with E-state index in [9.17, 15) is 17.6 Å². The fourth-order valence-electron chi connectivity index (χ4n) is 4.10. The number of carbonyl (C=O) groups is 1. The van der Waals surface area contributed by atoms with Crippen molar-refractivity contribution in [2.75, 3.05) is 13.1 Å². The number of aromatic nitrogens is 2. The lowest BCUT2D eigenvalue weighted by Gasteiger charge is -2.35. The standard InChI is InChI=1S/C22H16F4N6.C2H4O2/c23-17-4-3-14(10-16(17)15-2-1-7-29-18(15)24)22(13-5-8-28-9-6-13)19-30-11-21(25,26)12-32(19)20(27)31-22;1-2(3)4/h1-10H,11-12H2,(H2,27,31);1H3,(H,3,4). The summed E-state index contributed by atoms with van der Waals surface area (Å²) in [7, 11) is 0. The molecular formula is C24H20F4N6O2. The minimum Gasteiger partial charge on any atom is -0.481 e. The Bertz CT molecular complexity index is 1360. The second-order valence-electron chi connectivity index (χ2n) is 8.05. The number of carboxylic acid groups (broad SMARTS) is 1. The zero-order valence-corrected chi connectivity index (χ0v) is 18.9. The molecule has 0 radical (unpaired) electrons. The molecule has 8 nitrogen and oxygen atoms in total. The molecule has 5 rings (SSSR count). The number of aliphatic carboxylic acids is 1. The van der Waals surface area contributed by atoms with Gasteiger partial charge in [-0.2, -0.15) is 4.39 Å². The van der Waals surface area contributed by atoms with Crippen LogP contribution in [-0.4, -0.2) is 56.8 Å². The second-order valence-corrected chi connectivity index (χ2v) is 8.05. The summed E-state index contributed by atoms with van der Waals surface area (Å²) in [5.41, 5.74) is 5.49. The number of hydrogen-bond acceptors (Lipinski definition) is 7. The fourth-order valence-corrected chi connectivity index (χ4v) is 4.10. The SMILES string of the molecule is CC(=O)O.NC1=NC(c2ccncc2)(c2ccc(F)c(-c3cccnc3F)c2)C2=NCC(F)(F)CN12. The Kier molecular flexibility index (Phi) is 6.44. The monoisotopic (exact) mass is 500 g/mol. The Morgan fingerprint density at radius 3 is 2.42 bits per heavy atom. The lowest BCUT2D eigenvalue weighted by atomic mass is 9.81. The van der Waals surface area contributed by atoms with Crippen molar-refractivity contribution in [1.29, 1.82) is 0 Å². The molecule has 0 fully saturated rings. The number of halogens is 4. The van der Waals surface area contributed by atoms with Gasteiger partial charge in [-0.1, -0.05) is 6.07 Å². The van der Waals surface area contributed by atoms with Gasteiger partial charge >= 0.3 is 0 Å². The van der Waals surface area contributed by atoms with E-state index >= 15 is 0 Å². The van der Waals surface area contributed by atoms with E-state index in [2.05, 4.69) is 20.0 Å². The normalized spacial score (nSPS) is 20.0. The fraction of sp³-hybridized carbons (Fsp3) is 0.208. The van der Waals surface area contributed by atoms with Gasteiger partial charge in [-0.15, -0.1) is 0 Å². The van der Waals surface area contributed by atoms with Crippen molar-refractivity contribution in [1.82, 2.24) is 14.9 Å². The summed E-state index contributed by atoms with van der Waals surface area (Å²) < 4.78 is 57.3. The van der Waals surface area contributed by atoms with Gasteiger partial charge in [-0.25, -0.2) is 23.1 Å². The number of benzene rings is 1. The zero-order chi connectivity index (χ0) is 26.1. The quantitative estimate of drug-likeness (QED) is 0.420. The van der Waals surface area contributed by atoms with E-state index in [1.165, 1.54) is 48.9 Å². The van der Waals surface area contributed by atoms with Gasteiger partial charge in [0, 0.05) is 36.6 Å². The van der Waals surface area contributed by atoms with E-state index < -0.39 is 42.3 Å². The van der Waals surface area contributed by atoms with Gasteiger partial charge in [0.15, 0.2) is 11.5 Å². The summed E-state index contributed by atoms with van der Waals surface area (Å²) in [5, 5.41) is 7.42. The zero-order valence-electron chi connectivity index (χ0n) is 18.9. The van der Waals surface area contributed by atoms with Gasteiger partial charge < -0.3 is 10.8 Å². The maximum atomic E-state index is 14.8. The van der Waals surface area contributed by atoms with Crippen LogP contribution in [0.15, 0.2) is 71.0 Å². The van der Waals surface area contributed by atoms with Crippen LogP contribution in [0.2, 0.25) is 0 Å². The number of alkyl halides is 2. The minimum absolute atomic E-state index is 0.0411. The molecule has 2 aromatic heterocycles. The first-order valence-corrected chi connectivity index (χ1v) is 10.6. The van der Waals surface area contributed by atoms with Crippen LogP contribution in [0.4, 0.5) is 17.6 Å². The van der Waals surface area contributed by atoms with E-state index in [1.807, 2.05) is 0 Å². The van der Waals surface area contributed by atoms with E-state index in [1.54, 1.807) is 12.1 Å². The molecule has 0 saturated carbocycles. The number of amidine groups is 1. The average Bonchev–Trinajstić information content (AvgIpc) is 3.11. The summed E-state index contributed by atoms with van der Waals surface area (Å²) in [4.78, 5) is 26.5. The first-order chi connectivity index (χ1) is 17.0.